The van der Waals surface area contributed by atoms with Gasteiger partial charge in [-0.15, -0.1) is 0 Å². The Labute approximate surface area is 118 Å². The summed E-state index contributed by atoms with van der Waals surface area (Å²) in [6.45, 7) is 4.21. The van der Waals surface area contributed by atoms with Gasteiger partial charge in [0.2, 0.25) is 6.79 Å². The van der Waals surface area contributed by atoms with Gasteiger partial charge in [-0.3, -0.25) is 4.99 Å². The molecule has 20 heavy (non-hydrogen) atoms. The Kier molecular flexibility index (Phi) is 2.40. The van der Waals surface area contributed by atoms with E-state index in [0.29, 0.717) is 19.3 Å². The second kappa shape index (κ2) is 4.04. The van der Waals surface area contributed by atoms with E-state index in [1.54, 1.807) is 0 Å². The van der Waals surface area contributed by atoms with E-state index in [1.807, 2.05) is 6.07 Å². The fourth-order valence-electron chi connectivity index (χ4n) is 2.99. The van der Waals surface area contributed by atoms with Crippen molar-refractivity contribution >= 4 is 5.96 Å². The molecule has 1 atom stereocenters. The molecule has 0 bridgehead atoms. The van der Waals surface area contributed by atoms with Crippen LogP contribution in [-0.2, 0) is 5.54 Å². The van der Waals surface area contributed by atoms with Crippen LogP contribution in [0.1, 0.15) is 25.3 Å². The number of rotatable bonds is 3. The summed E-state index contributed by atoms with van der Waals surface area (Å²) < 4.78 is 10.9. The van der Waals surface area contributed by atoms with E-state index in [-0.39, 0.29) is 5.54 Å². The van der Waals surface area contributed by atoms with Crippen molar-refractivity contribution in [2.45, 2.75) is 25.3 Å². The smallest absolute Gasteiger partial charge is 0.231 e. The van der Waals surface area contributed by atoms with E-state index in [0.717, 1.165) is 24.0 Å². The van der Waals surface area contributed by atoms with Crippen molar-refractivity contribution < 1.29 is 9.47 Å². The van der Waals surface area contributed by atoms with Crippen LogP contribution in [0.5, 0.6) is 11.5 Å². The van der Waals surface area contributed by atoms with E-state index in [1.165, 1.54) is 18.4 Å². The van der Waals surface area contributed by atoms with E-state index in [2.05, 4.69) is 28.9 Å². The molecule has 1 aromatic carbocycles. The number of guanidine groups is 1. The lowest BCUT2D eigenvalue weighted by Crippen LogP contribution is -2.48. The first-order chi connectivity index (χ1) is 9.67. The van der Waals surface area contributed by atoms with Crippen LogP contribution < -0.4 is 15.2 Å². The van der Waals surface area contributed by atoms with Crippen LogP contribution in [-0.4, -0.2) is 30.7 Å². The Morgan fingerprint density at radius 2 is 2.15 bits per heavy atom. The minimum Gasteiger partial charge on any atom is -0.454 e. The first-order valence-corrected chi connectivity index (χ1v) is 7.14. The summed E-state index contributed by atoms with van der Waals surface area (Å²) in [7, 11) is 0. The molecule has 0 amide bonds. The average molecular weight is 273 g/mol. The molecule has 2 aliphatic heterocycles. The lowest BCUT2D eigenvalue weighted by Gasteiger charge is -2.37. The predicted octanol–water partition coefficient (Wildman–Crippen LogP) is 1.67. The highest BCUT2D eigenvalue weighted by Crippen LogP contribution is 2.41. The molecule has 2 heterocycles. The first-order valence-electron chi connectivity index (χ1n) is 7.14. The third kappa shape index (κ3) is 1.72. The van der Waals surface area contributed by atoms with Gasteiger partial charge in [-0.2, -0.15) is 0 Å². The van der Waals surface area contributed by atoms with Crippen molar-refractivity contribution in [1.29, 1.82) is 0 Å². The third-order valence-electron chi connectivity index (χ3n) is 4.55. The highest BCUT2D eigenvalue weighted by atomic mass is 16.7. The maximum Gasteiger partial charge on any atom is 0.231 e. The third-order valence-corrected chi connectivity index (χ3v) is 4.55. The standard InChI is InChI=1S/C15H19N3O2/c1-15(8-17-14(16)18(15)7-10-2-3-10)11-4-5-12-13(6-11)20-9-19-12/h4-6,10H,2-3,7-9H2,1H3,(H2,16,17). The van der Waals surface area contributed by atoms with Gasteiger partial charge in [0.05, 0.1) is 12.1 Å². The summed E-state index contributed by atoms with van der Waals surface area (Å²) >= 11 is 0. The van der Waals surface area contributed by atoms with Crippen molar-refractivity contribution in [2.24, 2.45) is 16.6 Å². The van der Waals surface area contributed by atoms with Crippen LogP contribution in [0, 0.1) is 5.92 Å². The largest absolute Gasteiger partial charge is 0.454 e. The molecular weight excluding hydrogens is 254 g/mol. The lowest BCUT2D eigenvalue weighted by molar-refractivity contribution is 0.173. The van der Waals surface area contributed by atoms with Crippen molar-refractivity contribution in [3.8, 4) is 11.5 Å². The fourth-order valence-corrected chi connectivity index (χ4v) is 2.99. The summed E-state index contributed by atoms with van der Waals surface area (Å²) in [6.07, 6.45) is 2.61. The summed E-state index contributed by atoms with van der Waals surface area (Å²) in [4.78, 5) is 6.72. The molecule has 1 fully saturated rings. The van der Waals surface area contributed by atoms with Crippen LogP contribution in [0.4, 0.5) is 0 Å². The monoisotopic (exact) mass is 273 g/mol. The molecule has 1 aromatic rings. The Morgan fingerprint density at radius 1 is 1.35 bits per heavy atom. The number of ether oxygens (including phenoxy) is 2. The number of hydrogen-bond donors (Lipinski definition) is 1. The summed E-state index contributed by atoms with van der Waals surface area (Å²) in [5, 5.41) is 0. The van der Waals surface area contributed by atoms with Gasteiger partial charge in [0.15, 0.2) is 17.5 Å². The SMILES string of the molecule is CC1(c2ccc3c(c2)OCO3)CN=C(N)N1CC1CC1. The summed E-state index contributed by atoms with van der Waals surface area (Å²) in [6, 6.07) is 6.14. The number of benzene rings is 1. The molecule has 106 valence electrons. The van der Waals surface area contributed by atoms with Gasteiger partial charge in [-0.1, -0.05) is 6.07 Å². The number of hydrogen-bond acceptors (Lipinski definition) is 5. The van der Waals surface area contributed by atoms with Gasteiger partial charge >= 0.3 is 0 Å². The van der Waals surface area contributed by atoms with Crippen molar-refractivity contribution in [3.05, 3.63) is 23.8 Å². The zero-order chi connectivity index (χ0) is 13.7. The van der Waals surface area contributed by atoms with E-state index >= 15 is 0 Å². The molecule has 0 spiro atoms. The molecule has 3 aliphatic rings. The number of nitrogens with zero attached hydrogens (tertiary/aromatic N) is 2. The molecule has 1 unspecified atom stereocenters. The van der Waals surface area contributed by atoms with Crippen molar-refractivity contribution in [1.82, 2.24) is 4.90 Å². The molecule has 0 saturated heterocycles. The molecular formula is C15H19N3O2. The van der Waals surface area contributed by atoms with Crippen LogP contribution >= 0.6 is 0 Å². The Balaban J connectivity index is 1.68. The Hall–Kier alpha value is -1.91. The fraction of sp³-hybridized carbons (Fsp3) is 0.533. The van der Waals surface area contributed by atoms with Gasteiger partial charge in [0.25, 0.3) is 0 Å². The van der Waals surface area contributed by atoms with Crippen molar-refractivity contribution in [2.75, 3.05) is 19.9 Å². The Morgan fingerprint density at radius 3 is 2.95 bits per heavy atom. The van der Waals surface area contributed by atoms with Gasteiger partial charge in [-0.05, 0) is 43.4 Å². The Bertz CT molecular complexity index is 582. The highest BCUT2D eigenvalue weighted by molar-refractivity contribution is 5.81. The summed E-state index contributed by atoms with van der Waals surface area (Å²) in [5.41, 5.74) is 7.11. The molecule has 5 nitrogen and oxygen atoms in total. The summed E-state index contributed by atoms with van der Waals surface area (Å²) in [5.74, 6) is 3.07. The van der Waals surface area contributed by atoms with Gasteiger partial charge in [0, 0.05) is 6.54 Å². The zero-order valence-corrected chi connectivity index (χ0v) is 11.6. The zero-order valence-electron chi connectivity index (χ0n) is 11.6. The number of nitrogens with two attached hydrogens (primary N) is 1. The number of fused-ring (bicyclic) bond motifs is 1. The predicted molar refractivity (Wildman–Crippen MR) is 75.8 cm³/mol. The molecule has 2 N–H and O–H groups in total. The van der Waals surface area contributed by atoms with Gasteiger partial charge < -0.3 is 20.1 Å². The molecule has 0 radical (unpaired) electrons. The second-order valence-corrected chi connectivity index (χ2v) is 6.07. The molecule has 0 aromatic heterocycles. The van der Waals surface area contributed by atoms with Crippen LogP contribution in [0.25, 0.3) is 0 Å². The van der Waals surface area contributed by atoms with Crippen LogP contribution in [0.2, 0.25) is 0 Å². The van der Waals surface area contributed by atoms with Crippen LogP contribution in [0.15, 0.2) is 23.2 Å². The minimum absolute atomic E-state index is 0.173. The second-order valence-electron chi connectivity index (χ2n) is 6.07. The normalized spacial score (nSPS) is 27.9. The van der Waals surface area contributed by atoms with E-state index in [4.69, 9.17) is 15.2 Å². The highest BCUT2D eigenvalue weighted by Gasteiger charge is 2.42. The number of aliphatic imine (C=N–C) groups is 1. The van der Waals surface area contributed by atoms with E-state index in [9.17, 15) is 0 Å². The van der Waals surface area contributed by atoms with Crippen LogP contribution in [0.3, 0.4) is 0 Å². The average Bonchev–Trinajstić information content (AvgIpc) is 3.07. The maximum atomic E-state index is 6.10. The minimum atomic E-state index is -0.173. The maximum absolute atomic E-state index is 6.10. The quantitative estimate of drug-likeness (QED) is 0.910. The van der Waals surface area contributed by atoms with Gasteiger partial charge in [-0.25, -0.2) is 0 Å². The van der Waals surface area contributed by atoms with Crippen molar-refractivity contribution in [3.63, 3.8) is 0 Å². The lowest BCUT2D eigenvalue weighted by atomic mass is 9.90. The van der Waals surface area contributed by atoms with E-state index < -0.39 is 0 Å². The van der Waals surface area contributed by atoms with Gasteiger partial charge in [0.1, 0.15) is 0 Å². The first kappa shape index (κ1) is 11.9. The molecule has 1 saturated carbocycles. The molecule has 4 rings (SSSR count). The topological polar surface area (TPSA) is 60.1 Å². The molecule has 1 aliphatic carbocycles. The molecule has 5 heteroatoms.